The summed E-state index contributed by atoms with van der Waals surface area (Å²) in [5.74, 6) is -0.272. The number of nitrogens with zero attached hydrogens (tertiary/aromatic N) is 5. The van der Waals surface area contributed by atoms with E-state index in [1.54, 1.807) is 29.1 Å². The van der Waals surface area contributed by atoms with Crippen molar-refractivity contribution in [2.45, 2.75) is 25.4 Å². The highest BCUT2D eigenvalue weighted by Gasteiger charge is 2.22. The molecule has 178 valence electrons. The first-order valence-corrected chi connectivity index (χ1v) is 11.4. The average molecular weight is 474 g/mol. The first-order chi connectivity index (χ1) is 17.0. The summed E-state index contributed by atoms with van der Waals surface area (Å²) in [6.07, 6.45) is 3.35. The van der Waals surface area contributed by atoms with Gasteiger partial charge in [-0.05, 0) is 42.7 Å². The minimum absolute atomic E-state index is 0.0400. The largest absolute Gasteiger partial charge is 0.394 e. The normalized spacial score (nSPS) is 14.4. The number of piperidine rings is 1. The van der Waals surface area contributed by atoms with Gasteiger partial charge in [-0.25, -0.2) is 9.37 Å². The molecule has 5 rings (SSSR count). The Morgan fingerprint density at radius 3 is 2.69 bits per heavy atom. The number of aromatic amines is 1. The quantitative estimate of drug-likeness (QED) is 0.405. The predicted octanol–water partition coefficient (Wildman–Crippen LogP) is 2.38. The van der Waals surface area contributed by atoms with Crippen molar-refractivity contribution in [3.63, 3.8) is 0 Å². The number of fused-ring (bicyclic) bond motifs is 1. The van der Waals surface area contributed by atoms with E-state index in [0.29, 0.717) is 48.0 Å². The topological polar surface area (TPSA) is 137 Å². The van der Waals surface area contributed by atoms with Crippen molar-refractivity contribution in [1.82, 2.24) is 19.7 Å². The molecular weight excluding hydrogens is 449 g/mol. The van der Waals surface area contributed by atoms with E-state index in [-0.39, 0.29) is 23.8 Å². The minimum Gasteiger partial charge on any atom is -0.394 e. The molecule has 2 aromatic carbocycles. The molecule has 2 aromatic heterocycles. The summed E-state index contributed by atoms with van der Waals surface area (Å²) in [7, 11) is 0. The van der Waals surface area contributed by atoms with Gasteiger partial charge < -0.3 is 15.7 Å². The Balaban J connectivity index is 1.67. The Bertz CT molecular complexity index is 1500. The van der Waals surface area contributed by atoms with Crippen molar-refractivity contribution in [2.24, 2.45) is 5.73 Å². The molecule has 0 radical (unpaired) electrons. The molecule has 35 heavy (non-hydrogen) atoms. The standard InChI is InChI=1S/C25H24FN7O2/c26-20-12-16(1-2-17(20)13-27)23-22(15-3-4-21-18(11-15)14-33(31-21)9-10-34)24(35)30-25(29-23)32-7-5-19(28)6-8-32/h1-4,11-12,14,19,34H,5-10,28H2,(H,29,30,35). The van der Waals surface area contributed by atoms with E-state index in [9.17, 15) is 14.3 Å². The molecule has 0 spiro atoms. The summed E-state index contributed by atoms with van der Waals surface area (Å²) in [6.45, 7) is 1.62. The average Bonchev–Trinajstić information content (AvgIpc) is 3.26. The molecular formula is C25H24FN7O2. The summed E-state index contributed by atoms with van der Waals surface area (Å²) >= 11 is 0. The van der Waals surface area contributed by atoms with Gasteiger partial charge in [0.1, 0.15) is 11.9 Å². The maximum Gasteiger partial charge on any atom is 0.260 e. The number of H-pyrrole nitrogens is 1. The van der Waals surface area contributed by atoms with Gasteiger partial charge in [-0.3, -0.25) is 14.5 Å². The lowest BCUT2D eigenvalue weighted by molar-refractivity contribution is 0.270. The SMILES string of the molecule is N#Cc1ccc(-c2nc(N3CCC(N)CC3)[nH]c(=O)c2-c2ccc3nn(CCO)cc3c2)cc1F. The van der Waals surface area contributed by atoms with Gasteiger partial charge in [-0.2, -0.15) is 10.4 Å². The number of halogens is 1. The molecule has 0 unspecified atom stereocenters. The van der Waals surface area contributed by atoms with Gasteiger partial charge in [-0.15, -0.1) is 0 Å². The van der Waals surface area contributed by atoms with Crippen LogP contribution in [0.5, 0.6) is 0 Å². The Labute approximate surface area is 200 Å². The summed E-state index contributed by atoms with van der Waals surface area (Å²) in [4.78, 5) is 23.1. The van der Waals surface area contributed by atoms with Crippen molar-refractivity contribution in [3.05, 3.63) is 64.3 Å². The third kappa shape index (κ3) is 4.39. The number of hydrogen-bond acceptors (Lipinski definition) is 7. The Hall–Kier alpha value is -4.07. The van der Waals surface area contributed by atoms with Crippen molar-refractivity contribution >= 4 is 16.9 Å². The lowest BCUT2D eigenvalue weighted by Gasteiger charge is -2.30. The second kappa shape index (κ2) is 9.29. The molecule has 4 aromatic rings. The van der Waals surface area contributed by atoms with Crippen LogP contribution in [0.25, 0.3) is 33.3 Å². The monoisotopic (exact) mass is 473 g/mol. The van der Waals surface area contributed by atoms with Crippen molar-refractivity contribution in [3.8, 4) is 28.5 Å². The zero-order valence-electron chi connectivity index (χ0n) is 18.9. The number of aromatic nitrogens is 4. The van der Waals surface area contributed by atoms with Crippen LogP contribution in [0.4, 0.5) is 10.3 Å². The van der Waals surface area contributed by atoms with E-state index < -0.39 is 5.82 Å². The van der Waals surface area contributed by atoms with Crippen molar-refractivity contribution < 1.29 is 9.50 Å². The van der Waals surface area contributed by atoms with Gasteiger partial charge in [0.2, 0.25) is 5.95 Å². The van der Waals surface area contributed by atoms with E-state index in [0.717, 1.165) is 23.7 Å². The number of aliphatic hydroxyl groups is 1. The van der Waals surface area contributed by atoms with Gasteiger partial charge >= 0.3 is 0 Å². The minimum atomic E-state index is -0.677. The maximum atomic E-state index is 14.6. The number of aliphatic hydroxyl groups excluding tert-OH is 1. The number of nitriles is 1. The predicted molar refractivity (Wildman–Crippen MR) is 130 cm³/mol. The number of rotatable bonds is 5. The molecule has 0 saturated carbocycles. The summed E-state index contributed by atoms with van der Waals surface area (Å²) in [5.41, 5.74) is 7.93. The van der Waals surface area contributed by atoms with Gasteiger partial charge in [0.05, 0.1) is 35.5 Å². The highest BCUT2D eigenvalue weighted by Crippen LogP contribution is 2.32. The number of nitrogens with two attached hydrogens (primary N) is 1. The molecule has 0 atom stereocenters. The molecule has 1 aliphatic rings. The second-order valence-corrected chi connectivity index (χ2v) is 8.63. The van der Waals surface area contributed by atoms with Gasteiger partial charge in [0, 0.05) is 36.3 Å². The molecule has 0 amide bonds. The van der Waals surface area contributed by atoms with Gasteiger partial charge in [0.25, 0.3) is 5.56 Å². The van der Waals surface area contributed by atoms with Crippen LogP contribution >= 0.6 is 0 Å². The fourth-order valence-electron chi connectivity index (χ4n) is 4.40. The third-order valence-corrected chi connectivity index (χ3v) is 6.28. The lowest BCUT2D eigenvalue weighted by atomic mass is 9.98. The van der Waals surface area contributed by atoms with Crippen LogP contribution in [0.15, 0.2) is 47.4 Å². The van der Waals surface area contributed by atoms with Crippen molar-refractivity contribution in [1.29, 1.82) is 5.26 Å². The third-order valence-electron chi connectivity index (χ3n) is 6.28. The van der Waals surface area contributed by atoms with Crippen LogP contribution in [0.3, 0.4) is 0 Å². The molecule has 9 nitrogen and oxygen atoms in total. The first kappa shape index (κ1) is 22.7. The van der Waals surface area contributed by atoms with Crippen LogP contribution in [-0.2, 0) is 6.54 Å². The Morgan fingerprint density at radius 1 is 1.20 bits per heavy atom. The van der Waals surface area contributed by atoms with E-state index in [1.807, 2.05) is 17.0 Å². The van der Waals surface area contributed by atoms with E-state index in [4.69, 9.17) is 16.0 Å². The molecule has 1 fully saturated rings. The lowest BCUT2D eigenvalue weighted by Crippen LogP contribution is -2.41. The fraction of sp³-hybridized carbons (Fsp3) is 0.280. The fourth-order valence-corrected chi connectivity index (χ4v) is 4.40. The number of benzene rings is 2. The summed E-state index contributed by atoms with van der Waals surface area (Å²) < 4.78 is 16.2. The molecule has 1 aliphatic heterocycles. The van der Waals surface area contributed by atoms with E-state index in [1.165, 1.54) is 12.1 Å². The number of hydrogen-bond donors (Lipinski definition) is 3. The first-order valence-electron chi connectivity index (χ1n) is 11.4. The maximum absolute atomic E-state index is 14.6. The molecule has 4 N–H and O–H groups in total. The molecule has 1 saturated heterocycles. The highest BCUT2D eigenvalue weighted by molar-refractivity contribution is 5.88. The van der Waals surface area contributed by atoms with Crippen LogP contribution in [-0.4, -0.2) is 50.6 Å². The zero-order chi connectivity index (χ0) is 24.5. The summed E-state index contributed by atoms with van der Waals surface area (Å²) in [5, 5.41) is 23.5. The summed E-state index contributed by atoms with van der Waals surface area (Å²) in [6, 6.07) is 11.5. The smallest absolute Gasteiger partial charge is 0.260 e. The van der Waals surface area contributed by atoms with E-state index >= 15 is 0 Å². The van der Waals surface area contributed by atoms with Gasteiger partial charge in [-0.1, -0.05) is 12.1 Å². The van der Waals surface area contributed by atoms with Crippen LogP contribution in [0.1, 0.15) is 18.4 Å². The number of nitrogens with one attached hydrogen (secondary N) is 1. The van der Waals surface area contributed by atoms with E-state index in [2.05, 4.69) is 10.1 Å². The van der Waals surface area contributed by atoms with Crippen molar-refractivity contribution in [2.75, 3.05) is 24.6 Å². The van der Waals surface area contributed by atoms with Gasteiger partial charge in [0.15, 0.2) is 0 Å². The molecule has 0 aliphatic carbocycles. The molecule has 3 heterocycles. The molecule has 0 bridgehead atoms. The van der Waals surface area contributed by atoms with Crippen LogP contribution < -0.4 is 16.2 Å². The second-order valence-electron chi connectivity index (χ2n) is 8.63. The van der Waals surface area contributed by atoms with Crippen LogP contribution in [0.2, 0.25) is 0 Å². The Kier molecular flexibility index (Phi) is 6.03. The number of anilines is 1. The van der Waals surface area contributed by atoms with Crippen LogP contribution in [0, 0.1) is 17.1 Å². The highest BCUT2D eigenvalue weighted by atomic mass is 19.1. The molecule has 10 heteroatoms. The zero-order valence-corrected chi connectivity index (χ0v) is 18.9. The Morgan fingerprint density at radius 2 is 1.97 bits per heavy atom.